The van der Waals surface area contributed by atoms with Gasteiger partial charge in [0.2, 0.25) is 0 Å². The average Bonchev–Trinajstić information content (AvgIpc) is 2.82. The molecule has 2 rings (SSSR count). The van der Waals surface area contributed by atoms with Gasteiger partial charge < -0.3 is 30.3 Å². The largest absolute Gasteiger partial charge is 0.480 e. The number of likely N-dealkylation sites (N-methyl/N-ethyl adjacent to an activating group) is 1. The maximum atomic E-state index is 13.5. The predicted octanol–water partition coefficient (Wildman–Crippen LogP) is -0.620. The molecule has 1 aliphatic rings. The fraction of sp³-hybridized carbons (Fsp3) is 0.522. The van der Waals surface area contributed by atoms with Crippen LogP contribution in [-0.4, -0.2) is 109 Å². The van der Waals surface area contributed by atoms with Crippen LogP contribution in [0.1, 0.15) is 28.8 Å². The van der Waals surface area contributed by atoms with E-state index in [-0.39, 0.29) is 31.5 Å². The second-order valence-electron chi connectivity index (χ2n) is 8.39. The zero-order chi connectivity index (χ0) is 25.5. The summed E-state index contributed by atoms with van der Waals surface area (Å²) >= 11 is 0. The summed E-state index contributed by atoms with van der Waals surface area (Å²) in [6.07, 6.45) is 0.0853. The van der Waals surface area contributed by atoms with E-state index in [4.69, 9.17) is 5.73 Å². The van der Waals surface area contributed by atoms with Crippen molar-refractivity contribution in [3.05, 3.63) is 35.4 Å². The van der Waals surface area contributed by atoms with Gasteiger partial charge >= 0.3 is 11.9 Å². The maximum absolute atomic E-state index is 13.5. The molecule has 0 radical (unpaired) electrons. The van der Waals surface area contributed by atoms with Crippen LogP contribution >= 0.6 is 0 Å². The lowest BCUT2D eigenvalue weighted by Gasteiger charge is -2.48. The first-order chi connectivity index (χ1) is 16.1. The van der Waals surface area contributed by atoms with Gasteiger partial charge in [0.25, 0.3) is 11.8 Å². The summed E-state index contributed by atoms with van der Waals surface area (Å²) in [5.41, 5.74) is 4.80. The molecule has 0 aromatic heterocycles. The summed E-state index contributed by atoms with van der Waals surface area (Å²) in [7, 11) is 5.09. The van der Waals surface area contributed by atoms with E-state index in [1.54, 1.807) is 24.3 Å². The number of carbonyl (C=O) groups excluding carboxylic acids is 4. The minimum absolute atomic E-state index is 0.0738. The highest BCUT2D eigenvalue weighted by atomic mass is 16.5. The third kappa shape index (κ3) is 5.97. The molecule has 34 heavy (non-hydrogen) atoms. The Morgan fingerprint density at radius 2 is 1.79 bits per heavy atom. The van der Waals surface area contributed by atoms with E-state index in [2.05, 4.69) is 4.74 Å². The summed E-state index contributed by atoms with van der Waals surface area (Å²) in [5, 5.41) is 9.20. The van der Waals surface area contributed by atoms with Gasteiger partial charge in [-0.2, -0.15) is 0 Å². The smallest absolute Gasteiger partial charge is 0.323 e. The Hall–Kier alpha value is -3.31. The second kappa shape index (κ2) is 11.7. The number of hydrogen-bond donors (Lipinski definition) is 2. The van der Waals surface area contributed by atoms with Crippen molar-refractivity contribution in [1.82, 2.24) is 14.7 Å². The number of carboxylic acid groups (broad SMARTS) is 1. The van der Waals surface area contributed by atoms with E-state index in [1.165, 1.54) is 7.11 Å². The van der Waals surface area contributed by atoms with Crippen LogP contribution in [-0.2, 0) is 30.3 Å². The van der Waals surface area contributed by atoms with Gasteiger partial charge in [-0.05, 0) is 44.6 Å². The quantitative estimate of drug-likeness (QED) is 0.314. The number of nitrogens with two attached hydrogens (primary N) is 1. The van der Waals surface area contributed by atoms with Crippen molar-refractivity contribution in [2.45, 2.75) is 24.8 Å². The highest BCUT2D eigenvalue weighted by molar-refractivity contribution is 6.16. The van der Waals surface area contributed by atoms with Crippen LogP contribution < -0.4 is 5.73 Å². The number of aliphatic carboxylic acids is 1. The van der Waals surface area contributed by atoms with Crippen molar-refractivity contribution in [1.29, 1.82) is 0 Å². The third-order valence-corrected chi connectivity index (χ3v) is 5.88. The minimum atomic E-state index is -2.10. The van der Waals surface area contributed by atoms with Crippen molar-refractivity contribution in [3.8, 4) is 0 Å². The standard InChI is InChI=1S/C23H32N4O7/c1-25(2)11-9-16-4-6-17(7-5-16)21(32)27-13-12-26(15-19(29)30)22(33)23(27,18(28)14-24)10-8-20(31)34-3/h4-7H,8-15,24H2,1-3H3,(H,29,30)/t23-/m0/s1. The zero-order valence-electron chi connectivity index (χ0n) is 19.8. The van der Waals surface area contributed by atoms with Crippen molar-refractivity contribution >= 4 is 29.5 Å². The fourth-order valence-corrected chi connectivity index (χ4v) is 4.01. The first-order valence-electron chi connectivity index (χ1n) is 10.9. The Morgan fingerprint density at radius 1 is 1.15 bits per heavy atom. The summed E-state index contributed by atoms with van der Waals surface area (Å²) in [4.78, 5) is 67.4. The molecule has 11 nitrogen and oxygen atoms in total. The molecule has 2 amide bonds. The Balaban J connectivity index is 2.45. The van der Waals surface area contributed by atoms with Crippen LogP contribution in [0.2, 0.25) is 0 Å². The number of Topliss-reactive ketones (excluding diaryl/α,β-unsaturated/α-hetero) is 1. The van der Waals surface area contributed by atoms with Crippen LogP contribution in [0.5, 0.6) is 0 Å². The number of ether oxygens (including phenoxy) is 1. The summed E-state index contributed by atoms with van der Waals surface area (Å²) in [6, 6.07) is 6.86. The molecule has 1 fully saturated rings. The van der Waals surface area contributed by atoms with Gasteiger partial charge in [0.05, 0.1) is 13.7 Å². The average molecular weight is 477 g/mol. The highest BCUT2D eigenvalue weighted by Gasteiger charge is 2.56. The van der Waals surface area contributed by atoms with E-state index in [9.17, 15) is 29.1 Å². The van der Waals surface area contributed by atoms with Gasteiger partial charge in [-0.15, -0.1) is 0 Å². The van der Waals surface area contributed by atoms with E-state index in [1.807, 2.05) is 19.0 Å². The van der Waals surface area contributed by atoms with Crippen molar-refractivity contribution in [3.63, 3.8) is 0 Å². The fourth-order valence-electron chi connectivity index (χ4n) is 4.01. The van der Waals surface area contributed by atoms with Crippen molar-refractivity contribution < 1.29 is 33.8 Å². The minimum Gasteiger partial charge on any atom is -0.480 e. The highest BCUT2D eigenvalue weighted by Crippen LogP contribution is 2.31. The van der Waals surface area contributed by atoms with E-state index in [0.29, 0.717) is 0 Å². The lowest BCUT2D eigenvalue weighted by molar-refractivity contribution is -0.161. The molecule has 11 heteroatoms. The number of methoxy groups -OCH3 is 1. The molecule has 1 aromatic carbocycles. The van der Waals surface area contributed by atoms with Gasteiger partial charge in [-0.25, -0.2) is 0 Å². The molecule has 0 aliphatic carbocycles. The topological polar surface area (TPSA) is 151 Å². The molecule has 1 heterocycles. The molecule has 0 spiro atoms. The van der Waals surface area contributed by atoms with Gasteiger partial charge in [0.15, 0.2) is 11.3 Å². The summed E-state index contributed by atoms with van der Waals surface area (Å²) < 4.78 is 4.65. The molecular formula is C23H32N4O7. The number of hydrogen-bond acceptors (Lipinski definition) is 8. The third-order valence-electron chi connectivity index (χ3n) is 5.88. The van der Waals surface area contributed by atoms with Crippen LogP contribution in [0.25, 0.3) is 0 Å². The first-order valence-corrected chi connectivity index (χ1v) is 10.9. The van der Waals surface area contributed by atoms with E-state index < -0.39 is 48.2 Å². The number of amides is 2. The van der Waals surface area contributed by atoms with Crippen molar-refractivity contribution in [2.24, 2.45) is 5.73 Å². The number of ketones is 1. The van der Waals surface area contributed by atoms with Crippen LogP contribution in [0, 0.1) is 0 Å². The number of piperazine rings is 1. The number of rotatable bonds is 11. The predicted molar refractivity (Wildman–Crippen MR) is 122 cm³/mol. The number of esters is 1. The van der Waals surface area contributed by atoms with Gasteiger partial charge in [0, 0.05) is 31.6 Å². The summed E-state index contributed by atoms with van der Waals surface area (Å²) in [6.45, 7) is -0.544. The monoisotopic (exact) mass is 476 g/mol. The molecule has 0 saturated carbocycles. The Morgan fingerprint density at radius 3 is 2.32 bits per heavy atom. The van der Waals surface area contributed by atoms with Gasteiger partial charge in [0.1, 0.15) is 6.54 Å². The molecule has 1 aromatic rings. The second-order valence-corrected chi connectivity index (χ2v) is 8.39. The lowest BCUT2D eigenvalue weighted by Crippen LogP contribution is -2.72. The summed E-state index contributed by atoms with van der Waals surface area (Å²) in [5.74, 6) is -4.15. The van der Waals surface area contributed by atoms with Gasteiger partial charge in [-0.1, -0.05) is 12.1 Å². The number of carbonyl (C=O) groups is 5. The Kier molecular flexibility index (Phi) is 9.28. The molecule has 3 N–H and O–H groups in total. The Bertz CT molecular complexity index is 932. The van der Waals surface area contributed by atoms with Crippen LogP contribution in [0.15, 0.2) is 24.3 Å². The maximum Gasteiger partial charge on any atom is 0.323 e. The Labute approximate surface area is 198 Å². The van der Waals surface area contributed by atoms with Gasteiger partial charge in [-0.3, -0.25) is 24.0 Å². The molecule has 186 valence electrons. The first kappa shape index (κ1) is 26.9. The lowest BCUT2D eigenvalue weighted by atomic mass is 9.82. The molecular weight excluding hydrogens is 444 g/mol. The van der Waals surface area contributed by atoms with Crippen LogP contribution in [0.4, 0.5) is 0 Å². The van der Waals surface area contributed by atoms with Crippen molar-refractivity contribution in [2.75, 3.05) is 53.9 Å². The van der Waals surface area contributed by atoms with E-state index >= 15 is 0 Å². The molecule has 0 unspecified atom stereocenters. The number of nitrogens with zero attached hydrogens (tertiary/aromatic N) is 3. The molecule has 1 atom stereocenters. The molecule has 1 aliphatic heterocycles. The van der Waals surface area contributed by atoms with Crippen LogP contribution in [0.3, 0.4) is 0 Å². The normalized spacial score (nSPS) is 18.2. The number of benzene rings is 1. The number of carboxylic acids is 1. The SMILES string of the molecule is COC(=O)CC[C@]1(C(=O)CN)C(=O)N(CC(=O)O)CCN1C(=O)c1ccc(CCN(C)C)cc1. The molecule has 1 saturated heterocycles. The molecule has 0 bridgehead atoms. The van der Waals surface area contributed by atoms with E-state index in [0.717, 1.165) is 28.3 Å². The zero-order valence-corrected chi connectivity index (χ0v) is 19.8.